The van der Waals surface area contributed by atoms with Gasteiger partial charge in [0.05, 0.1) is 6.54 Å². The van der Waals surface area contributed by atoms with Gasteiger partial charge in [-0.3, -0.25) is 0 Å². The predicted octanol–water partition coefficient (Wildman–Crippen LogP) is 1.47. The van der Waals surface area contributed by atoms with Gasteiger partial charge in [0.25, 0.3) is 0 Å². The van der Waals surface area contributed by atoms with Gasteiger partial charge in [-0.2, -0.15) is 5.10 Å². The molecule has 0 spiro atoms. The molecule has 0 aliphatic rings. The molecule has 1 aromatic carbocycles. The molecule has 5 nitrogen and oxygen atoms in total. The van der Waals surface area contributed by atoms with E-state index in [9.17, 15) is 0 Å². The lowest BCUT2D eigenvalue weighted by atomic mass is 10.2. The molecule has 1 N–H and O–H groups in total. The second kappa shape index (κ2) is 6.76. The molecule has 0 saturated carbocycles. The summed E-state index contributed by atoms with van der Waals surface area (Å²) in [6.45, 7) is 5.23. The van der Waals surface area contributed by atoms with Crippen LogP contribution in [0.1, 0.15) is 12.5 Å². The Balaban J connectivity index is 1.81. The standard InChI is InChI=1S/C13H18N4O/c1-2-14-9-12-4-3-5-13(8-12)18-7-6-17-11-15-10-16-17/h3-5,8,10-11,14H,2,6-7,9H2,1H3. The van der Waals surface area contributed by atoms with E-state index in [2.05, 4.69) is 34.5 Å². The van der Waals surface area contributed by atoms with Crippen molar-refractivity contribution in [3.8, 4) is 5.75 Å². The van der Waals surface area contributed by atoms with Crippen LogP contribution in [0, 0.1) is 0 Å². The number of nitrogens with zero attached hydrogens (tertiary/aromatic N) is 3. The molecule has 1 aromatic heterocycles. The molecule has 5 heteroatoms. The van der Waals surface area contributed by atoms with Gasteiger partial charge in [-0.05, 0) is 24.2 Å². The number of ether oxygens (including phenoxy) is 1. The van der Waals surface area contributed by atoms with Crippen molar-refractivity contribution in [2.75, 3.05) is 13.2 Å². The maximum atomic E-state index is 5.68. The Kier molecular flexibility index (Phi) is 4.72. The Morgan fingerprint density at radius 1 is 1.39 bits per heavy atom. The van der Waals surface area contributed by atoms with Gasteiger partial charge in [0.2, 0.25) is 0 Å². The third kappa shape index (κ3) is 3.85. The minimum atomic E-state index is 0.591. The average molecular weight is 246 g/mol. The molecule has 0 unspecified atom stereocenters. The van der Waals surface area contributed by atoms with Crippen molar-refractivity contribution in [1.82, 2.24) is 20.1 Å². The van der Waals surface area contributed by atoms with Crippen LogP contribution in [0.4, 0.5) is 0 Å². The van der Waals surface area contributed by atoms with Gasteiger partial charge >= 0.3 is 0 Å². The fourth-order valence-corrected chi connectivity index (χ4v) is 1.62. The highest BCUT2D eigenvalue weighted by Gasteiger charge is 1.97. The van der Waals surface area contributed by atoms with E-state index in [1.165, 1.54) is 11.9 Å². The molecule has 96 valence electrons. The number of rotatable bonds is 7. The molecule has 0 fully saturated rings. The van der Waals surface area contributed by atoms with Crippen LogP contribution in [0.3, 0.4) is 0 Å². The van der Waals surface area contributed by atoms with Crippen LogP contribution in [0.25, 0.3) is 0 Å². The number of aromatic nitrogens is 3. The first-order valence-corrected chi connectivity index (χ1v) is 6.13. The SMILES string of the molecule is CCNCc1cccc(OCCn2cncn2)c1. The smallest absolute Gasteiger partial charge is 0.137 e. The molecule has 0 amide bonds. The van der Waals surface area contributed by atoms with E-state index < -0.39 is 0 Å². The summed E-state index contributed by atoms with van der Waals surface area (Å²) in [7, 11) is 0. The normalized spacial score (nSPS) is 10.5. The monoisotopic (exact) mass is 246 g/mol. The van der Waals surface area contributed by atoms with Crippen molar-refractivity contribution < 1.29 is 4.74 Å². The fraction of sp³-hybridized carbons (Fsp3) is 0.385. The molecule has 0 bridgehead atoms. The molecule has 2 aromatic rings. The van der Waals surface area contributed by atoms with Gasteiger partial charge in [-0.25, -0.2) is 9.67 Å². The molecule has 0 atom stereocenters. The van der Waals surface area contributed by atoms with Crippen molar-refractivity contribution in [3.63, 3.8) is 0 Å². The summed E-state index contributed by atoms with van der Waals surface area (Å²) in [6, 6.07) is 8.13. The Labute approximate surface area is 107 Å². The topological polar surface area (TPSA) is 52.0 Å². The first-order valence-electron chi connectivity index (χ1n) is 6.13. The van der Waals surface area contributed by atoms with Crippen LogP contribution in [0.5, 0.6) is 5.75 Å². The number of nitrogens with one attached hydrogen (secondary N) is 1. The van der Waals surface area contributed by atoms with Crippen molar-refractivity contribution in [1.29, 1.82) is 0 Å². The fourth-order valence-electron chi connectivity index (χ4n) is 1.62. The summed E-state index contributed by atoms with van der Waals surface area (Å²) in [5, 5.41) is 7.31. The summed E-state index contributed by atoms with van der Waals surface area (Å²) in [5.41, 5.74) is 1.23. The van der Waals surface area contributed by atoms with E-state index in [0.29, 0.717) is 13.2 Å². The van der Waals surface area contributed by atoms with Crippen molar-refractivity contribution >= 4 is 0 Å². The number of hydrogen-bond donors (Lipinski definition) is 1. The van der Waals surface area contributed by atoms with E-state index in [1.54, 1.807) is 11.0 Å². The molecule has 1 heterocycles. The molecule has 0 aliphatic heterocycles. The van der Waals surface area contributed by atoms with Crippen LogP contribution in [-0.4, -0.2) is 27.9 Å². The van der Waals surface area contributed by atoms with Gasteiger partial charge in [-0.1, -0.05) is 19.1 Å². The maximum Gasteiger partial charge on any atom is 0.137 e. The molecular weight excluding hydrogens is 228 g/mol. The quantitative estimate of drug-likeness (QED) is 0.803. The third-order valence-corrected chi connectivity index (χ3v) is 2.53. The minimum Gasteiger partial charge on any atom is -0.492 e. The first kappa shape index (κ1) is 12.6. The van der Waals surface area contributed by atoms with Crippen LogP contribution in [-0.2, 0) is 13.1 Å². The Morgan fingerprint density at radius 3 is 3.11 bits per heavy atom. The maximum absolute atomic E-state index is 5.68. The van der Waals surface area contributed by atoms with Crippen LogP contribution in [0.15, 0.2) is 36.9 Å². The van der Waals surface area contributed by atoms with Crippen molar-refractivity contribution in [2.24, 2.45) is 0 Å². The third-order valence-electron chi connectivity index (χ3n) is 2.53. The molecule has 2 rings (SSSR count). The Hall–Kier alpha value is -1.88. The van der Waals surface area contributed by atoms with Crippen LogP contribution in [0.2, 0.25) is 0 Å². The summed E-state index contributed by atoms with van der Waals surface area (Å²) in [6.07, 6.45) is 3.21. The molecule has 18 heavy (non-hydrogen) atoms. The van der Waals surface area contributed by atoms with Gasteiger partial charge in [-0.15, -0.1) is 0 Å². The number of hydrogen-bond acceptors (Lipinski definition) is 4. The lowest BCUT2D eigenvalue weighted by molar-refractivity contribution is 0.291. The van der Waals surface area contributed by atoms with Gasteiger partial charge in [0, 0.05) is 6.54 Å². The summed E-state index contributed by atoms with van der Waals surface area (Å²) in [4.78, 5) is 3.88. The summed E-state index contributed by atoms with van der Waals surface area (Å²) >= 11 is 0. The van der Waals surface area contributed by atoms with Crippen LogP contribution < -0.4 is 10.1 Å². The molecular formula is C13H18N4O. The Morgan fingerprint density at radius 2 is 2.33 bits per heavy atom. The van der Waals surface area contributed by atoms with Crippen molar-refractivity contribution in [2.45, 2.75) is 20.0 Å². The van der Waals surface area contributed by atoms with E-state index in [-0.39, 0.29) is 0 Å². The number of benzene rings is 1. The minimum absolute atomic E-state index is 0.591. The zero-order valence-electron chi connectivity index (χ0n) is 10.5. The second-order valence-electron chi connectivity index (χ2n) is 3.93. The molecule has 0 radical (unpaired) electrons. The van der Waals surface area contributed by atoms with Crippen LogP contribution >= 0.6 is 0 Å². The first-order chi connectivity index (χ1) is 8.88. The van der Waals surface area contributed by atoms with E-state index in [4.69, 9.17) is 4.74 Å². The second-order valence-corrected chi connectivity index (χ2v) is 3.93. The zero-order chi connectivity index (χ0) is 12.6. The van der Waals surface area contributed by atoms with Gasteiger partial charge < -0.3 is 10.1 Å². The highest BCUT2D eigenvalue weighted by Crippen LogP contribution is 2.13. The largest absolute Gasteiger partial charge is 0.492 e. The van der Waals surface area contributed by atoms with E-state index >= 15 is 0 Å². The zero-order valence-corrected chi connectivity index (χ0v) is 10.5. The van der Waals surface area contributed by atoms with Gasteiger partial charge in [0.15, 0.2) is 0 Å². The molecule has 0 aliphatic carbocycles. The lowest BCUT2D eigenvalue weighted by Crippen LogP contribution is -2.12. The highest BCUT2D eigenvalue weighted by molar-refractivity contribution is 5.28. The lowest BCUT2D eigenvalue weighted by Gasteiger charge is -2.08. The highest BCUT2D eigenvalue weighted by atomic mass is 16.5. The van der Waals surface area contributed by atoms with Gasteiger partial charge in [0.1, 0.15) is 25.0 Å². The average Bonchev–Trinajstić information content (AvgIpc) is 2.90. The van der Waals surface area contributed by atoms with E-state index in [0.717, 1.165) is 18.8 Å². The summed E-state index contributed by atoms with van der Waals surface area (Å²) in [5.74, 6) is 0.894. The predicted molar refractivity (Wildman–Crippen MR) is 69.3 cm³/mol. The van der Waals surface area contributed by atoms with Crippen molar-refractivity contribution in [3.05, 3.63) is 42.5 Å². The summed E-state index contributed by atoms with van der Waals surface area (Å²) < 4.78 is 7.44. The Bertz CT molecular complexity index is 456. The van der Waals surface area contributed by atoms with E-state index in [1.807, 2.05) is 12.1 Å². The molecule has 0 saturated heterocycles.